The molecule has 4 rings (SSSR count). The van der Waals surface area contributed by atoms with Crippen molar-refractivity contribution in [3.63, 3.8) is 0 Å². The monoisotopic (exact) mass is 316 g/mol. The normalized spacial score (nSPS) is 27.9. The topological polar surface area (TPSA) is 64.5 Å². The van der Waals surface area contributed by atoms with Crippen LogP contribution in [0.4, 0.5) is 0 Å². The van der Waals surface area contributed by atoms with Crippen LogP contribution in [-0.2, 0) is 14.8 Å². The Balaban J connectivity index is 1.85. The summed E-state index contributed by atoms with van der Waals surface area (Å²) >= 11 is 0. The van der Waals surface area contributed by atoms with Gasteiger partial charge in [0.05, 0.1) is 6.61 Å². The molecule has 0 saturated carbocycles. The summed E-state index contributed by atoms with van der Waals surface area (Å²) in [7, 11) is -3.61. The molecule has 0 bridgehead atoms. The van der Waals surface area contributed by atoms with Gasteiger partial charge < -0.3 is 4.74 Å². The van der Waals surface area contributed by atoms with E-state index in [0.717, 1.165) is 11.0 Å². The van der Waals surface area contributed by atoms with Crippen molar-refractivity contribution in [1.29, 1.82) is 0 Å². The van der Waals surface area contributed by atoms with Crippen LogP contribution in [0.15, 0.2) is 54.4 Å². The van der Waals surface area contributed by atoms with Crippen molar-refractivity contribution in [2.24, 2.45) is 0 Å². The molecule has 0 aromatic carbocycles. The standard InChI is InChI=1S/C16H16N2O3S/c1-16(7-2-4-13(10-16)14-11-21-14)22(19,20)18-9-6-12-5-3-8-17-15(12)18/h2-6,8-10,14H,7,11H2,1H3. The first-order valence-electron chi connectivity index (χ1n) is 7.19. The zero-order valence-electron chi connectivity index (χ0n) is 12.1. The molecule has 1 aliphatic carbocycles. The van der Waals surface area contributed by atoms with Crippen LogP contribution >= 0.6 is 0 Å². The minimum absolute atomic E-state index is 0.0469. The van der Waals surface area contributed by atoms with Crippen LogP contribution in [-0.4, -0.2) is 34.8 Å². The predicted molar refractivity (Wildman–Crippen MR) is 84.0 cm³/mol. The number of nitrogens with zero attached hydrogens (tertiary/aromatic N) is 2. The number of pyridine rings is 1. The third kappa shape index (κ3) is 1.94. The first kappa shape index (κ1) is 13.7. The third-order valence-electron chi connectivity index (χ3n) is 4.27. The van der Waals surface area contributed by atoms with Crippen molar-refractivity contribution in [1.82, 2.24) is 8.96 Å². The Hall–Kier alpha value is -1.92. The second kappa shape index (κ2) is 4.54. The number of allylic oxidation sites excluding steroid dienone is 1. The summed E-state index contributed by atoms with van der Waals surface area (Å²) in [5.41, 5.74) is 1.41. The van der Waals surface area contributed by atoms with E-state index in [1.165, 1.54) is 3.97 Å². The zero-order chi connectivity index (χ0) is 15.4. The lowest BCUT2D eigenvalue weighted by molar-refractivity contribution is 0.432. The van der Waals surface area contributed by atoms with Crippen LogP contribution in [0.1, 0.15) is 13.3 Å². The van der Waals surface area contributed by atoms with Crippen molar-refractivity contribution in [2.45, 2.75) is 24.2 Å². The molecule has 2 aromatic heterocycles. The lowest BCUT2D eigenvalue weighted by Gasteiger charge is -2.28. The molecule has 0 amide bonds. The lowest BCUT2D eigenvalue weighted by atomic mass is 9.95. The van der Waals surface area contributed by atoms with Gasteiger partial charge in [0.1, 0.15) is 10.9 Å². The average molecular weight is 316 g/mol. The van der Waals surface area contributed by atoms with Crippen molar-refractivity contribution in [3.05, 3.63) is 54.4 Å². The second-order valence-electron chi connectivity index (χ2n) is 5.92. The van der Waals surface area contributed by atoms with E-state index in [4.69, 9.17) is 4.74 Å². The molecule has 0 spiro atoms. The van der Waals surface area contributed by atoms with Gasteiger partial charge in [-0.25, -0.2) is 17.4 Å². The molecule has 0 N–H and O–H groups in total. The smallest absolute Gasteiger partial charge is 0.249 e. The number of rotatable bonds is 3. The van der Waals surface area contributed by atoms with Gasteiger partial charge in [0.15, 0.2) is 5.65 Å². The molecule has 114 valence electrons. The van der Waals surface area contributed by atoms with Crippen LogP contribution in [0.5, 0.6) is 0 Å². The molecule has 2 aliphatic rings. The van der Waals surface area contributed by atoms with E-state index in [0.29, 0.717) is 18.7 Å². The average Bonchev–Trinajstić information content (AvgIpc) is 3.26. The van der Waals surface area contributed by atoms with Crippen molar-refractivity contribution in [3.8, 4) is 0 Å². The molecule has 2 atom stereocenters. The molecule has 1 aliphatic heterocycles. The number of ether oxygens (including phenoxy) is 1. The number of fused-ring (bicyclic) bond motifs is 1. The Morgan fingerprint density at radius 1 is 1.41 bits per heavy atom. The fourth-order valence-electron chi connectivity index (χ4n) is 2.87. The highest BCUT2D eigenvalue weighted by Crippen LogP contribution is 2.35. The van der Waals surface area contributed by atoms with E-state index in [1.807, 2.05) is 24.3 Å². The van der Waals surface area contributed by atoms with Gasteiger partial charge in [0.25, 0.3) is 0 Å². The quantitative estimate of drug-likeness (QED) is 0.815. The molecule has 3 heterocycles. The Morgan fingerprint density at radius 2 is 2.23 bits per heavy atom. The van der Waals surface area contributed by atoms with Gasteiger partial charge >= 0.3 is 0 Å². The maximum Gasteiger partial charge on any atom is 0.249 e. The van der Waals surface area contributed by atoms with Crippen LogP contribution in [0.2, 0.25) is 0 Å². The highest BCUT2D eigenvalue weighted by atomic mass is 32.2. The Bertz CT molecular complexity index is 906. The van der Waals surface area contributed by atoms with Gasteiger partial charge in [-0.1, -0.05) is 18.2 Å². The number of hydrogen-bond donors (Lipinski definition) is 0. The summed E-state index contributed by atoms with van der Waals surface area (Å²) in [6.45, 7) is 2.42. The van der Waals surface area contributed by atoms with E-state index >= 15 is 0 Å². The van der Waals surface area contributed by atoms with Crippen molar-refractivity contribution >= 4 is 21.1 Å². The summed E-state index contributed by atoms with van der Waals surface area (Å²) in [4.78, 5) is 4.22. The molecule has 1 fully saturated rings. The maximum absolute atomic E-state index is 13.2. The maximum atomic E-state index is 13.2. The lowest BCUT2D eigenvalue weighted by Crippen LogP contribution is -2.38. The molecule has 5 nitrogen and oxygen atoms in total. The summed E-state index contributed by atoms with van der Waals surface area (Å²) in [5, 5.41) is 0.816. The highest BCUT2D eigenvalue weighted by Gasteiger charge is 2.42. The van der Waals surface area contributed by atoms with Crippen LogP contribution in [0.3, 0.4) is 0 Å². The minimum atomic E-state index is -3.61. The number of epoxide rings is 1. The first-order chi connectivity index (χ1) is 10.5. The third-order valence-corrected chi connectivity index (χ3v) is 6.55. The molecule has 1 saturated heterocycles. The summed E-state index contributed by atoms with van der Waals surface area (Å²) < 4.78 is 31.9. The summed E-state index contributed by atoms with van der Waals surface area (Å²) in [5.74, 6) is 0. The Labute approximate surface area is 129 Å². The fraction of sp³-hybridized carbons (Fsp3) is 0.312. The van der Waals surface area contributed by atoms with Crippen LogP contribution < -0.4 is 0 Å². The number of aromatic nitrogens is 2. The molecule has 0 radical (unpaired) electrons. The SMILES string of the molecule is CC1(S(=O)(=O)n2ccc3cccnc32)C=C(C2CO2)C=CC1. The van der Waals surface area contributed by atoms with Crippen molar-refractivity contribution in [2.75, 3.05) is 6.61 Å². The van der Waals surface area contributed by atoms with Crippen molar-refractivity contribution < 1.29 is 13.2 Å². The molecule has 22 heavy (non-hydrogen) atoms. The summed E-state index contributed by atoms with van der Waals surface area (Å²) in [6, 6.07) is 5.43. The molecule has 2 unspecified atom stereocenters. The van der Waals surface area contributed by atoms with Gasteiger partial charge in [-0.15, -0.1) is 0 Å². The largest absolute Gasteiger partial charge is 0.368 e. The molecular weight excluding hydrogens is 300 g/mol. The fourth-order valence-corrected chi connectivity index (χ4v) is 4.51. The first-order valence-corrected chi connectivity index (χ1v) is 8.63. The van der Waals surface area contributed by atoms with E-state index in [-0.39, 0.29) is 6.10 Å². The highest BCUT2D eigenvalue weighted by molar-refractivity contribution is 7.91. The van der Waals surface area contributed by atoms with Crippen LogP contribution in [0.25, 0.3) is 11.0 Å². The van der Waals surface area contributed by atoms with E-state index < -0.39 is 14.8 Å². The van der Waals surface area contributed by atoms with Crippen LogP contribution in [0, 0.1) is 0 Å². The van der Waals surface area contributed by atoms with E-state index in [9.17, 15) is 8.42 Å². The summed E-state index contributed by atoms with van der Waals surface area (Å²) in [6.07, 6.45) is 9.38. The number of hydrogen-bond acceptors (Lipinski definition) is 4. The molecule has 6 heteroatoms. The molecule has 2 aromatic rings. The van der Waals surface area contributed by atoms with Gasteiger partial charge in [-0.05, 0) is 37.1 Å². The molecular formula is C16H16N2O3S. The van der Waals surface area contributed by atoms with E-state index in [2.05, 4.69) is 4.98 Å². The minimum Gasteiger partial charge on any atom is -0.368 e. The van der Waals surface area contributed by atoms with Gasteiger partial charge in [-0.3, -0.25) is 0 Å². The second-order valence-corrected chi connectivity index (χ2v) is 8.19. The van der Waals surface area contributed by atoms with Gasteiger partial charge in [0, 0.05) is 17.8 Å². The Kier molecular flexibility index (Phi) is 2.83. The van der Waals surface area contributed by atoms with Gasteiger partial charge in [-0.2, -0.15) is 0 Å². The van der Waals surface area contributed by atoms with E-state index in [1.54, 1.807) is 31.5 Å². The van der Waals surface area contributed by atoms with Gasteiger partial charge in [0.2, 0.25) is 10.0 Å². The predicted octanol–water partition coefficient (Wildman–Crippen LogP) is 2.26. The Morgan fingerprint density at radius 3 is 3.00 bits per heavy atom. The zero-order valence-corrected chi connectivity index (χ0v) is 13.0.